The smallest absolute Gasteiger partial charge is 0.162 e. The molecule has 0 radical (unpaired) electrons. The first-order valence-electron chi connectivity index (χ1n) is 18.3. The molecule has 3 unspecified atom stereocenters. The van der Waals surface area contributed by atoms with Crippen LogP contribution in [-0.2, 0) is 0 Å². The summed E-state index contributed by atoms with van der Waals surface area (Å²) in [5, 5.41) is 28.6. The van der Waals surface area contributed by atoms with Gasteiger partial charge in [0, 0.05) is 53.1 Å². The first kappa shape index (κ1) is 38.7. The van der Waals surface area contributed by atoms with Gasteiger partial charge in [0.1, 0.15) is 0 Å². The number of aromatic nitrogens is 6. The Kier molecular flexibility index (Phi) is 11.7. The number of nitrogens with zero attached hydrogens (tertiary/aromatic N) is 6. The molecule has 0 bridgehead atoms. The lowest BCUT2D eigenvalue weighted by Gasteiger charge is -2.08. The maximum atomic E-state index is 9.84. The van der Waals surface area contributed by atoms with Gasteiger partial charge in [-0.1, -0.05) is 106 Å². The Morgan fingerprint density at radius 1 is 0.491 bits per heavy atom. The minimum absolute atomic E-state index is 0. The molecule has 0 fully saturated rings. The van der Waals surface area contributed by atoms with Gasteiger partial charge in [-0.25, -0.2) is 19.0 Å². The van der Waals surface area contributed by atoms with Crippen molar-refractivity contribution in [3.8, 4) is 44.5 Å². The predicted octanol–water partition coefficient (Wildman–Crippen LogP) is 10.0. The van der Waals surface area contributed by atoms with Crippen LogP contribution in [0.2, 0.25) is 0 Å². The fraction of sp³-hybridized carbons (Fsp3) is 0.217. The van der Waals surface area contributed by atoms with Crippen LogP contribution in [0.4, 0.5) is 0 Å². The number of fused-ring (bicyclic) bond motifs is 2. The molecule has 4 N–H and O–H groups in total. The zero-order valence-corrected chi connectivity index (χ0v) is 31.2. The van der Waals surface area contributed by atoms with Gasteiger partial charge >= 0.3 is 0 Å². The Labute approximate surface area is 322 Å². The Balaban J connectivity index is 0.000000184. The first-order valence-corrected chi connectivity index (χ1v) is 18.3. The van der Waals surface area contributed by atoms with E-state index in [1.807, 2.05) is 109 Å². The SMILES string of the molecule is C.CC(C)c1ccc(-c2cnc3c(-c4cccc(C(C)O)c4)cnn3c2)cc1.CC(N)c1ccc(-c2cnc3c(-c4cccc(C(C)O)c4)cnn3c2)cc1. The second-order valence-electron chi connectivity index (χ2n) is 14.1. The molecule has 4 heterocycles. The molecule has 4 aromatic heterocycles. The maximum Gasteiger partial charge on any atom is 0.162 e. The largest absolute Gasteiger partial charge is 0.389 e. The van der Waals surface area contributed by atoms with Gasteiger partial charge in [-0.2, -0.15) is 10.2 Å². The van der Waals surface area contributed by atoms with Crippen molar-refractivity contribution in [3.63, 3.8) is 0 Å². The summed E-state index contributed by atoms with van der Waals surface area (Å²) < 4.78 is 3.61. The molecule has 0 aliphatic carbocycles. The Morgan fingerprint density at radius 2 is 0.909 bits per heavy atom. The number of aliphatic hydroxyl groups excluding tert-OH is 2. The van der Waals surface area contributed by atoms with Crippen molar-refractivity contribution in [1.29, 1.82) is 0 Å². The highest BCUT2D eigenvalue weighted by Gasteiger charge is 2.13. The summed E-state index contributed by atoms with van der Waals surface area (Å²) in [5.74, 6) is 0.519. The predicted molar refractivity (Wildman–Crippen MR) is 222 cm³/mol. The Bertz CT molecular complexity index is 2340. The van der Waals surface area contributed by atoms with Gasteiger partial charge in [0.15, 0.2) is 11.3 Å². The minimum atomic E-state index is -0.509. The molecule has 8 aromatic rings. The van der Waals surface area contributed by atoms with Crippen molar-refractivity contribution in [2.24, 2.45) is 5.73 Å². The topological polar surface area (TPSA) is 127 Å². The monoisotopic (exact) mass is 731 g/mol. The molecule has 280 valence electrons. The molecule has 0 amide bonds. The minimum Gasteiger partial charge on any atom is -0.389 e. The zero-order valence-electron chi connectivity index (χ0n) is 31.2. The molecule has 55 heavy (non-hydrogen) atoms. The number of rotatable bonds is 8. The van der Waals surface area contributed by atoms with E-state index in [0.717, 1.165) is 72.5 Å². The molecular formula is C46H49N7O2. The van der Waals surface area contributed by atoms with Gasteiger partial charge < -0.3 is 15.9 Å². The van der Waals surface area contributed by atoms with Crippen molar-refractivity contribution < 1.29 is 10.2 Å². The molecule has 9 heteroatoms. The number of nitrogens with two attached hydrogens (primary N) is 1. The highest BCUT2D eigenvalue weighted by atomic mass is 16.3. The van der Waals surface area contributed by atoms with Crippen molar-refractivity contribution in [3.05, 3.63) is 156 Å². The van der Waals surface area contributed by atoms with E-state index in [4.69, 9.17) is 5.73 Å². The molecule has 0 aliphatic heterocycles. The summed E-state index contributed by atoms with van der Waals surface area (Å²) >= 11 is 0. The summed E-state index contributed by atoms with van der Waals surface area (Å²) in [6.07, 6.45) is 10.4. The van der Waals surface area contributed by atoms with Crippen LogP contribution in [0.15, 0.2) is 134 Å². The number of benzene rings is 4. The fourth-order valence-electron chi connectivity index (χ4n) is 6.43. The van der Waals surface area contributed by atoms with E-state index in [0.29, 0.717) is 5.92 Å². The van der Waals surface area contributed by atoms with Gasteiger partial charge in [-0.15, -0.1) is 0 Å². The standard InChI is InChI=1S/C23H23N3O.C22H22N4O.CH4/c1-15(2)17-7-9-18(10-8-17)21-12-24-23-22(13-25-26(23)14-21)20-6-4-5-19(11-20)16(3)27;1-14(23)16-6-8-17(9-7-16)20-11-24-22-21(12-25-26(22)13-20)19-5-3-4-18(10-19)15(2)27;/h4-16,27H,1-3H3;3-15,27H,23H2,1-2H3;1H4. The third-order valence-electron chi connectivity index (χ3n) is 9.75. The van der Waals surface area contributed by atoms with E-state index in [-0.39, 0.29) is 13.5 Å². The van der Waals surface area contributed by atoms with Crippen LogP contribution in [-0.4, -0.2) is 39.4 Å². The van der Waals surface area contributed by atoms with Crippen molar-refractivity contribution >= 4 is 11.3 Å². The second kappa shape index (κ2) is 16.6. The average molecular weight is 732 g/mol. The molecule has 0 spiro atoms. The normalized spacial score (nSPS) is 12.9. The van der Waals surface area contributed by atoms with Gasteiger partial charge in [0.05, 0.1) is 24.6 Å². The van der Waals surface area contributed by atoms with E-state index in [9.17, 15) is 10.2 Å². The summed E-state index contributed by atoms with van der Waals surface area (Å²) in [6, 6.07) is 32.5. The third-order valence-corrected chi connectivity index (χ3v) is 9.75. The zero-order chi connectivity index (χ0) is 37.9. The van der Waals surface area contributed by atoms with Crippen LogP contribution in [0.1, 0.15) is 88.5 Å². The van der Waals surface area contributed by atoms with E-state index in [1.54, 1.807) is 18.4 Å². The lowest BCUT2D eigenvalue weighted by Crippen LogP contribution is -2.04. The molecular weight excluding hydrogens is 683 g/mol. The quantitative estimate of drug-likeness (QED) is 0.142. The summed E-state index contributed by atoms with van der Waals surface area (Å²) in [6.45, 7) is 9.89. The average Bonchev–Trinajstić information content (AvgIpc) is 3.82. The molecule has 9 nitrogen and oxygen atoms in total. The fourth-order valence-corrected chi connectivity index (χ4v) is 6.43. The van der Waals surface area contributed by atoms with Gasteiger partial charge in [0.2, 0.25) is 0 Å². The van der Waals surface area contributed by atoms with Crippen molar-refractivity contribution in [2.45, 2.75) is 66.2 Å². The van der Waals surface area contributed by atoms with Crippen LogP contribution >= 0.6 is 0 Å². The summed E-state index contributed by atoms with van der Waals surface area (Å²) in [5.41, 5.74) is 19.8. The van der Waals surface area contributed by atoms with E-state index in [2.05, 4.69) is 70.4 Å². The lowest BCUT2D eigenvalue weighted by molar-refractivity contribution is 0.199. The number of aliphatic hydroxyl groups is 2. The van der Waals surface area contributed by atoms with Crippen molar-refractivity contribution in [1.82, 2.24) is 29.2 Å². The van der Waals surface area contributed by atoms with Crippen molar-refractivity contribution in [2.75, 3.05) is 0 Å². The van der Waals surface area contributed by atoms with Crippen LogP contribution in [0, 0.1) is 0 Å². The first-order chi connectivity index (χ1) is 26.0. The Morgan fingerprint density at radius 3 is 1.29 bits per heavy atom. The second-order valence-corrected chi connectivity index (χ2v) is 14.1. The van der Waals surface area contributed by atoms with E-state index >= 15 is 0 Å². The van der Waals surface area contributed by atoms with Crippen LogP contribution in [0.5, 0.6) is 0 Å². The summed E-state index contributed by atoms with van der Waals surface area (Å²) in [4.78, 5) is 9.30. The van der Waals surface area contributed by atoms with Crippen LogP contribution in [0.25, 0.3) is 55.8 Å². The summed E-state index contributed by atoms with van der Waals surface area (Å²) in [7, 11) is 0. The molecule has 3 atom stereocenters. The molecule has 0 saturated heterocycles. The van der Waals surface area contributed by atoms with E-state index < -0.39 is 12.2 Å². The van der Waals surface area contributed by atoms with Gasteiger partial charge in [-0.05, 0) is 83.3 Å². The van der Waals surface area contributed by atoms with Gasteiger partial charge in [-0.3, -0.25) is 0 Å². The molecule has 4 aromatic carbocycles. The molecule has 0 saturated carbocycles. The van der Waals surface area contributed by atoms with E-state index in [1.165, 1.54) is 5.56 Å². The molecule has 0 aliphatic rings. The highest BCUT2D eigenvalue weighted by Crippen LogP contribution is 2.30. The number of hydrogen-bond donors (Lipinski definition) is 3. The molecule has 8 rings (SSSR count). The third kappa shape index (κ3) is 8.39. The Hall–Kier alpha value is -6.00. The van der Waals surface area contributed by atoms with Gasteiger partial charge in [0.25, 0.3) is 0 Å². The highest BCUT2D eigenvalue weighted by molar-refractivity contribution is 5.79. The number of hydrogen-bond acceptors (Lipinski definition) is 7. The lowest BCUT2D eigenvalue weighted by atomic mass is 10.00. The maximum absolute atomic E-state index is 9.84. The van der Waals surface area contributed by atoms with Crippen LogP contribution in [0.3, 0.4) is 0 Å². The van der Waals surface area contributed by atoms with Crippen LogP contribution < -0.4 is 5.73 Å².